The normalized spacial score (nSPS) is 14.5. The highest BCUT2D eigenvalue weighted by Crippen LogP contribution is 2.29. The topological polar surface area (TPSA) is 52.1 Å². The van der Waals surface area contributed by atoms with E-state index < -0.39 is 0 Å². The second kappa shape index (κ2) is 2.51. The van der Waals surface area contributed by atoms with Crippen LogP contribution in [0.3, 0.4) is 0 Å². The second-order valence-corrected chi connectivity index (χ2v) is 4.29. The van der Waals surface area contributed by atoms with E-state index in [4.69, 9.17) is 4.74 Å². The van der Waals surface area contributed by atoms with Gasteiger partial charge in [0.1, 0.15) is 17.0 Å². The molecule has 0 aliphatic carbocycles. The van der Waals surface area contributed by atoms with E-state index in [9.17, 15) is 4.79 Å². The number of aromatic nitrogens is 2. The van der Waals surface area contributed by atoms with Crippen LogP contribution in [0.1, 0.15) is 20.9 Å². The van der Waals surface area contributed by atoms with E-state index in [0.29, 0.717) is 12.2 Å². The molecule has 2 aromatic rings. The molecule has 0 bridgehead atoms. The summed E-state index contributed by atoms with van der Waals surface area (Å²) in [5.41, 5.74) is 2.25. The van der Waals surface area contributed by atoms with Gasteiger partial charge < -0.3 is 4.74 Å². The number of nitrogens with zero attached hydrogens (tertiary/aromatic N) is 2. The molecule has 0 spiro atoms. The van der Waals surface area contributed by atoms with Crippen LogP contribution in [0.4, 0.5) is 0 Å². The molecule has 5 heteroatoms. The Morgan fingerprint density at radius 1 is 1.57 bits per heavy atom. The fourth-order valence-corrected chi connectivity index (χ4v) is 2.35. The van der Waals surface area contributed by atoms with Gasteiger partial charge in [-0.3, -0.25) is 0 Å². The number of fused-ring (bicyclic) bond motifs is 3. The number of carbonyl (C=O) groups excluding carboxylic acids is 1. The van der Waals surface area contributed by atoms with Gasteiger partial charge in [0.25, 0.3) is 0 Å². The summed E-state index contributed by atoms with van der Waals surface area (Å²) in [7, 11) is 0. The first-order chi connectivity index (χ1) is 6.75. The molecule has 2 aromatic heterocycles. The Labute approximate surface area is 83.6 Å². The maximum atomic E-state index is 11.2. The number of thiazole rings is 1. The smallest absolute Gasteiger partial charge is 0.340 e. The third kappa shape index (κ3) is 0.899. The first-order valence-corrected chi connectivity index (χ1v) is 4.99. The lowest BCUT2D eigenvalue weighted by atomic mass is 10.2. The number of hydrogen-bond acceptors (Lipinski definition) is 5. The number of aryl methyl sites for hydroxylation is 1. The van der Waals surface area contributed by atoms with Crippen LogP contribution >= 0.6 is 11.3 Å². The summed E-state index contributed by atoms with van der Waals surface area (Å²) >= 11 is 1.53. The van der Waals surface area contributed by atoms with Gasteiger partial charge in [0.05, 0.1) is 10.6 Å². The molecule has 70 valence electrons. The maximum absolute atomic E-state index is 11.2. The Kier molecular flexibility index (Phi) is 1.41. The molecule has 0 N–H and O–H groups in total. The Balaban J connectivity index is 2.42. The van der Waals surface area contributed by atoms with Gasteiger partial charge in [-0.15, -0.1) is 0 Å². The molecule has 3 rings (SSSR count). The van der Waals surface area contributed by atoms with Crippen molar-refractivity contribution in [1.82, 2.24) is 9.97 Å². The Bertz CT molecular complexity index is 547. The molecule has 0 saturated carbocycles. The van der Waals surface area contributed by atoms with Crippen molar-refractivity contribution in [3.05, 3.63) is 22.3 Å². The van der Waals surface area contributed by atoms with Gasteiger partial charge in [0, 0.05) is 11.8 Å². The van der Waals surface area contributed by atoms with Crippen LogP contribution in [-0.4, -0.2) is 15.9 Å². The Hall–Kier alpha value is -1.49. The van der Waals surface area contributed by atoms with E-state index in [1.165, 1.54) is 11.3 Å². The largest absolute Gasteiger partial charge is 0.457 e. The minimum Gasteiger partial charge on any atom is -0.457 e. The van der Waals surface area contributed by atoms with E-state index in [0.717, 1.165) is 20.9 Å². The minimum atomic E-state index is -0.292. The van der Waals surface area contributed by atoms with E-state index in [-0.39, 0.29) is 5.97 Å². The molecule has 1 aliphatic heterocycles. The van der Waals surface area contributed by atoms with Gasteiger partial charge in [-0.05, 0) is 6.92 Å². The highest BCUT2D eigenvalue weighted by molar-refractivity contribution is 7.18. The average Bonchev–Trinajstić information content (AvgIpc) is 2.68. The van der Waals surface area contributed by atoms with Crippen molar-refractivity contribution < 1.29 is 9.53 Å². The molecule has 0 saturated heterocycles. The van der Waals surface area contributed by atoms with Crippen molar-refractivity contribution >= 4 is 27.7 Å². The zero-order chi connectivity index (χ0) is 9.71. The Morgan fingerprint density at radius 3 is 3.29 bits per heavy atom. The number of hydrogen-bond donors (Lipinski definition) is 0. The SMILES string of the molecule is Cc1nc2c3c(cnc2s1)C(=O)OC3. The summed E-state index contributed by atoms with van der Waals surface area (Å²) in [6, 6.07) is 0. The van der Waals surface area contributed by atoms with Crippen LogP contribution in [0.5, 0.6) is 0 Å². The number of carbonyl (C=O) groups is 1. The predicted molar refractivity (Wildman–Crippen MR) is 51.3 cm³/mol. The summed E-state index contributed by atoms with van der Waals surface area (Å²) in [6.45, 7) is 2.26. The fourth-order valence-electron chi connectivity index (χ4n) is 1.57. The fraction of sp³-hybridized carbons (Fsp3) is 0.222. The molecule has 3 heterocycles. The highest BCUT2D eigenvalue weighted by Gasteiger charge is 2.25. The summed E-state index contributed by atoms with van der Waals surface area (Å²) in [4.78, 5) is 20.6. The van der Waals surface area contributed by atoms with Gasteiger partial charge in [-0.1, -0.05) is 11.3 Å². The van der Waals surface area contributed by atoms with Crippen molar-refractivity contribution in [3.63, 3.8) is 0 Å². The lowest BCUT2D eigenvalue weighted by Gasteiger charge is -1.92. The number of cyclic esters (lactones) is 1. The van der Waals surface area contributed by atoms with Crippen molar-refractivity contribution in [1.29, 1.82) is 0 Å². The van der Waals surface area contributed by atoms with Crippen molar-refractivity contribution in [2.45, 2.75) is 13.5 Å². The quantitative estimate of drug-likeness (QED) is 0.615. The lowest BCUT2D eigenvalue weighted by molar-refractivity contribution is 0.0535. The van der Waals surface area contributed by atoms with Gasteiger partial charge in [0.2, 0.25) is 0 Å². The number of esters is 1. The first-order valence-electron chi connectivity index (χ1n) is 4.18. The number of pyridine rings is 1. The molecule has 0 radical (unpaired) electrons. The van der Waals surface area contributed by atoms with Crippen molar-refractivity contribution in [2.24, 2.45) is 0 Å². The van der Waals surface area contributed by atoms with Crippen LogP contribution in [0.2, 0.25) is 0 Å². The molecule has 0 unspecified atom stereocenters. The summed E-state index contributed by atoms with van der Waals surface area (Å²) in [6.07, 6.45) is 1.57. The highest BCUT2D eigenvalue weighted by atomic mass is 32.1. The van der Waals surface area contributed by atoms with E-state index in [2.05, 4.69) is 9.97 Å². The number of ether oxygens (including phenoxy) is 1. The van der Waals surface area contributed by atoms with E-state index >= 15 is 0 Å². The van der Waals surface area contributed by atoms with Crippen LogP contribution in [0.25, 0.3) is 10.3 Å². The number of rotatable bonds is 0. The van der Waals surface area contributed by atoms with Crippen LogP contribution < -0.4 is 0 Å². The van der Waals surface area contributed by atoms with Crippen LogP contribution in [0, 0.1) is 6.92 Å². The van der Waals surface area contributed by atoms with Crippen LogP contribution in [-0.2, 0) is 11.3 Å². The monoisotopic (exact) mass is 206 g/mol. The molecule has 14 heavy (non-hydrogen) atoms. The van der Waals surface area contributed by atoms with E-state index in [1.54, 1.807) is 6.20 Å². The van der Waals surface area contributed by atoms with E-state index in [1.807, 2.05) is 6.92 Å². The molecule has 0 fully saturated rings. The molecule has 0 amide bonds. The van der Waals surface area contributed by atoms with Gasteiger partial charge in [0.15, 0.2) is 0 Å². The van der Waals surface area contributed by atoms with Crippen molar-refractivity contribution in [2.75, 3.05) is 0 Å². The standard InChI is InChI=1S/C9H6N2O2S/c1-4-11-7-6-3-13-9(12)5(6)2-10-8(7)14-4/h2H,3H2,1H3. The van der Waals surface area contributed by atoms with Gasteiger partial charge in [-0.2, -0.15) is 0 Å². The molecule has 4 nitrogen and oxygen atoms in total. The molecular weight excluding hydrogens is 200 g/mol. The second-order valence-electron chi connectivity index (χ2n) is 3.11. The zero-order valence-electron chi connectivity index (χ0n) is 7.40. The Morgan fingerprint density at radius 2 is 2.43 bits per heavy atom. The summed E-state index contributed by atoms with van der Waals surface area (Å²) in [5.74, 6) is -0.292. The maximum Gasteiger partial charge on any atom is 0.340 e. The van der Waals surface area contributed by atoms with Crippen molar-refractivity contribution in [3.8, 4) is 0 Å². The molecule has 0 atom stereocenters. The van der Waals surface area contributed by atoms with Gasteiger partial charge in [-0.25, -0.2) is 14.8 Å². The minimum absolute atomic E-state index is 0.292. The predicted octanol–water partition coefficient (Wildman–Crippen LogP) is 1.67. The third-order valence-electron chi connectivity index (χ3n) is 2.21. The van der Waals surface area contributed by atoms with Gasteiger partial charge >= 0.3 is 5.97 Å². The summed E-state index contributed by atoms with van der Waals surface area (Å²) in [5, 5.41) is 0.959. The first kappa shape index (κ1) is 7.87. The van der Waals surface area contributed by atoms with Crippen LogP contribution in [0.15, 0.2) is 6.20 Å². The third-order valence-corrected chi connectivity index (χ3v) is 3.08. The molecule has 1 aliphatic rings. The average molecular weight is 206 g/mol. The summed E-state index contributed by atoms with van der Waals surface area (Å²) < 4.78 is 4.93. The lowest BCUT2D eigenvalue weighted by Crippen LogP contribution is -1.94. The molecular formula is C9H6N2O2S. The zero-order valence-corrected chi connectivity index (χ0v) is 8.22. The molecule has 0 aromatic carbocycles.